The van der Waals surface area contributed by atoms with Gasteiger partial charge in [-0.05, 0) is 49.1 Å². The molecule has 0 atom stereocenters. The van der Waals surface area contributed by atoms with Gasteiger partial charge in [-0.15, -0.1) is 0 Å². The van der Waals surface area contributed by atoms with Crippen LogP contribution in [0.2, 0.25) is 0 Å². The van der Waals surface area contributed by atoms with Crippen LogP contribution in [0.4, 0.5) is 5.69 Å². The summed E-state index contributed by atoms with van der Waals surface area (Å²) < 4.78 is 2.04. The molecule has 1 N–H and O–H groups in total. The average Bonchev–Trinajstić information content (AvgIpc) is 3.07. The van der Waals surface area contributed by atoms with E-state index in [2.05, 4.69) is 29.6 Å². The molecule has 146 valence electrons. The third-order valence-electron chi connectivity index (χ3n) is 5.26. The highest BCUT2D eigenvalue weighted by molar-refractivity contribution is 5.93. The number of fused-ring (bicyclic) bond motifs is 1. The lowest BCUT2D eigenvalue weighted by Gasteiger charge is -2.13. The van der Waals surface area contributed by atoms with E-state index in [0.717, 1.165) is 46.5 Å². The Morgan fingerprint density at radius 3 is 2.31 bits per heavy atom. The second kappa shape index (κ2) is 8.31. The van der Waals surface area contributed by atoms with Crippen molar-refractivity contribution in [2.45, 2.75) is 33.2 Å². The van der Waals surface area contributed by atoms with E-state index >= 15 is 0 Å². The number of carbonyl (C=O) groups is 1. The highest BCUT2D eigenvalue weighted by atomic mass is 16.1. The first kappa shape index (κ1) is 18.9. The van der Waals surface area contributed by atoms with Crippen LogP contribution >= 0.6 is 0 Å². The third-order valence-corrected chi connectivity index (χ3v) is 5.26. The van der Waals surface area contributed by atoms with E-state index in [0.29, 0.717) is 0 Å². The van der Waals surface area contributed by atoms with Gasteiger partial charge in [0.05, 0.1) is 11.0 Å². The van der Waals surface area contributed by atoms with E-state index in [9.17, 15) is 4.79 Å². The number of nitrogens with one attached hydrogen (secondary N) is 1. The predicted octanol–water partition coefficient (Wildman–Crippen LogP) is 5.08. The number of nitrogens with zero attached hydrogens (tertiary/aromatic N) is 2. The van der Waals surface area contributed by atoms with Crippen molar-refractivity contribution in [1.82, 2.24) is 9.55 Å². The van der Waals surface area contributed by atoms with Crippen molar-refractivity contribution in [2.75, 3.05) is 5.32 Å². The van der Waals surface area contributed by atoms with Gasteiger partial charge >= 0.3 is 0 Å². The Hall–Kier alpha value is -3.40. The summed E-state index contributed by atoms with van der Waals surface area (Å²) in [5, 5.41) is 3.09. The molecule has 0 bridgehead atoms. The summed E-state index contributed by atoms with van der Waals surface area (Å²) in [5.41, 5.74) is 6.22. The Labute approximate surface area is 171 Å². The zero-order chi connectivity index (χ0) is 20.2. The summed E-state index contributed by atoms with van der Waals surface area (Å²) in [6.45, 7) is 4.28. The number of aromatic nitrogens is 2. The lowest BCUT2D eigenvalue weighted by atomic mass is 10.1. The topological polar surface area (TPSA) is 46.9 Å². The third kappa shape index (κ3) is 4.21. The van der Waals surface area contributed by atoms with E-state index < -0.39 is 0 Å². The molecule has 0 fully saturated rings. The minimum atomic E-state index is -0.0356. The molecule has 0 saturated heterocycles. The van der Waals surface area contributed by atoms with Crippen molar-refractivity contribution >= 4 is 22.6 Å². The molecule has 1 heterocycles. The molecule has 29 heavy (non-hydrogen) atoms. The van der Waals surface area contributed by atoms with Gasteiger partial charge in [-0.1, -0.05) is 60.7 Å². The number of imidazole rings is 1. The van der Waals surface area contributed by atoms with E-state index in [-0.39, 0.29) is 12.5 Å². The van der Waals surface area contributed by atoms with Crippen molar-refractivity contribution in [3.8, 4) is 0 Å². The first-order valence-corrected chi connectivity index (χ1v) is 9.96. The quantitative estimate of drug-likeness (QED) is 0.505. The molecular weight excluding hydrogens is 358 g/mol. The summed E-state index contributed by atoms with van der Waals surface area (Å²) in [4.78, 5) is 17.7. The molecule has 1 amide bonds. The molecule has 4 heteroatoms. The number of anilines is 1. The number of hydrogen-bond acceptors (Lipinski definition) is 2. The van der Waals surface area contributed by atoms with Crippen molar-refractivity contribution < 1.29 is 4.79 Å². The molecule has 3 aromatic carbocycles. The van der Waals surface area contributed by atoms with E-state index in [1.165, 1.54) is 5.56 Å². The zero-order valence-electron chi connectivity index (χ0n) is 16.9. The van der Waals surface area contributed by atoms with Crippen LogP contribution in [0.3, 0.4) is 0 Å². The summed E-state index contributed by atoms with van der Waals surface area (Å²) in [6, 6.07) is 24.4. The summed E-state index contributed by atoms with van der Waals surface area (Å²) in [7, 11) is 0. The minimum absolute atomic E-state index is 0.0356. The summed E-state index contributed by atoms with van der Waals surface area (Å²) >= 11 is 0. The van der Waals surface area contributed by atoms with E-state index in [4.69, 9.17) is 4.98 Å². The van der Waals surface area contributed by atoms with E-state index in [1.807, 2.05) is 66.9 Å². The van der Waals surface area contributed by atoms with E-state index in [1.54, 1.807) is 0 Å². The van der Waals surface area contributed by atoms with Crippen molar-refractivity contribution in [2.24, 2.45) is 0 Å². The molecule has 0 aliphatic heterocycles. The molecule has 0 spiro atoms. The van der Waals surface area contributed by atoms with Crippen LogP contribution in [-0.2, 0) is 24.2 Å². The largest absolute Gasteiger partial charge is 0.324 e. The Kier molecular flexibility index (Phi) is 5.43. The Morgan fingerprint density at radius 2 is 1.55 bits per heavy atom. The number of amides is 1. The zero-order valence-corrected chi connectivity index (χ0v) is 16.9. The molecule has 4 aromatic rings. The predicted molar refractivity (Wildman–Crippen MR) is 118 cm³/mol. The first-order valence-electron chi connectivity index (χ1n) is 9.96. The number of hydrogen-bond donors (Lipinski definition) is 1. The maximum Gasteiger partial charge on any atom is 0.244 e. The molecule has 4 nitrogen and oxygen atoms in total. The van der Waals surface area contributed by atoms with Gasteiger partial charge in [0.1, 0.15) is 12.4 Å². The van der Waals surface area contributed by atoms with Gasteiger partial charge in [0.2, 0.25) is 5.91 Å². The monoisotopic (exact) mass is 383 g/mol. The van der Waals surface area contributed by atoms with Crippen LogP contribution in [0.1, 0.15) is 22.5 Å². The Bertz CT molecular complexity index is 1130. The lowest BCUT2D eigenvalue weighted by Crippen LogP contribution is -2.21. The van der Waals surface area contributed by atoms with Crippen LogP contribution in [0.5, 0.6) is 0 Å². The number of benzene rings is 3. The summed E-state index contributed by atoms with van der Waals surface area (Å²) in [5.74, 6) is 0.901. The van der Waals surface area contributed by atoms with Gasteiger partial charge in [0.15, 0.2) is 0 Å². The first-order chi connectivity index (χ1) is 14.1. The van der Waals surface area contributed by atoms with Crippen LogP contribution in [0, 0.1) is 13.8 Å². The van der Waals surface area contributed by atoms with Gasteiger partial charge in [0, 0.05) is 12.1 Å². The van der Waals surface area contributed by atoms with Gasteiger partial charge in [-0.25, -0.2) is 4.98 Å². The molecule has 4 rings (SSSR count). The molecule has 0 aliphatic rings. The van der Waals surface area contributed by atoms with Gasteiger partial charge in [-0.2, -0.15) is 0 Å². The maximum atomic E-state index is 12.9. The standard InChI is InChI=1S/C25H25N3O/c1-18-9-8-10-19(2)25(18)27-24(29)17-28-22-14-7-6-13-21(22)26-23(28)16-15-20-11-4-3-5-12-20/h3-14H,15-17H2,1-2H3,(H,27,29). The fraction of sp³-hybridized carbons (Fsp3) is 0.200. The van der Waals surface area contributed by atoms with Crippen LogP contribution < -0.4 is 5.32 Å². The smallest absolute Gasteiger partial charge is 0.244 e. The van der Waals surface area contributed by atoms with Crippen LogP contribution in [0.15, 0.2) is 72.8 Å². The highest BCUT2D eigenvalue weighted by Crippen LogP contribution is 2.21. The van der Waals surface area contributed by atoms with Gasteiger partial charge < -0.3 is 9.88 Å². The number of para-hydroxylation sites is 3. The van der Waals surface area contributed by atoms with Crippen molar-refractivity contribution in [3.63, 3.8) is 0 Å². The second-order valence-corrected chi connectivity index (χ2v) is 7.40. The molecular formula is C25H25N3O. The number of aryl methyl sites for hydroxylation is 4. The Morgan fingerprint density at radius 1 is 0.862 bits per heavy atom. The molecule has 0 aliphatic carbocycles. The highest BCUT2D eigenvalue weighted by Gasteiger charge is 2.15. The fourth-order valence-corrected chi connectivity index (χ4v) is 3.73. The van der Waals surface area contributed by atoms with Gasteiger partial charge in [-0.3, -0.25) is 4.79 Å². The molecule has 0 unspecified atom stereocenters. The normalized spacial score (nSPS) is 11.0. The lowest BCUT2D eigenvalue weighted by molar-refractivity contribution is -0.116. The van der Waals surface area contributed by atoms with Crippen molar-refractivity contribution in [3.05, 3.63) is 95.3 Å². The van der Waals surface area contributed by atoms with Crippen LogP contribution in [0.25, 0.3) is 11.0 Å². The molecule has 0 radical (unpaired) electrons. The SMILES string of the molecule is Cc1cccc(C)c1NC(=O)Cn1c(CCc2ccccc2)nc2ccccc21. The molecule has 0 saturated carbocycles. The fourth-order valence-electron chi connectivity index (χ4n) is 3.73. The average molecular weight is 383 g/mol. The Balaban J connectivity index is 1.59. The minimum Gasteiger partial charge on any atom is -0.324 e. The summed E-state index contributed by atoms with van der Waals surface area (Å²) in [6.07, 6.45) is 1.68. The van der Waals surface area contributed by atoms with Crippen LogP contribution in [-0.4, -0.2) is 15.5 Å². The second-order valence-electron chi connectivity index (χ2n) is 7.40. The number of rotatable bonds is 6. The number of carbonyl (C=O) groups excluding carboxylic acids is 1. The maximum absolute atomic E-state index is 12.9. The molecule has 1 aromatic heterocycles. The van der Waals surface area contributed by atoms with Gasteiger partial charge in [0.25, 0.3) is 0 Å². The van der Waals surface area contributed by atoms with Crippen molar-refractivity contribution in [1.29, 1.82) is 0 Å².